The van der Waals surface area contributed by atoms with Crippen LogP contribution < -0.4 is 10.0 Å². The number of amides is 1. The van der Waals surface area contributed by atoms with Crippen molar-refractivity contribution in [2.45, 2.75) is 38.1 Å². The minimum absolute atomic E-state index is 0.137. The molecular weight excluding hydrogens is 444 g/mol. The molecule has 0 saturated carbocycles. The normalized spacial score (nSPS) is 12.4. The zero-order chi connectivity index (χ0) is 23.3. The maximum atomic E-state index is 12.9. The van der Waals surface area contributed by atoms with E-state index in [1.54, 1.807) is 18.2 Å². The summed E-state index contributed by atoms with van der Waals surface area (Å²) >= 11 is 6.32. The molecule has 5 nitrogen and oxygen atoms in total. The first-order valence-electron chi connectivity index (χ1n) is 10.4. The number of hydrogen-bond acceptors (Lipinski definition) is 3. The van der Waals surface area contributed by atoms with Crippen LogP contribution in [-0.4, -0.2) is 14.3 Å². The second-order valence-corrected chi connectivity index (χ2v) is 10.3. The smallest absolute Gasteiger partial charge is 0.261 e. The Balaban J connectivity index is 1.77. The lowest BCUT2D eigenvalue weighted by Crippen LogP contribution is -2.29. The Labute approximate surface area is 194 Å². The van der Waals surface area contributed by atoms with E-state index in [-0.39, 0.29) is 27.6 Å². The zero-order valence-electron chi connectivity index (χ0n) is 18.3. The van der Waals surface area contributed by atoms with E-state index in [1.807, 2.05) is 37.3 Å². The fourth-order valence-corrected chi connectivity index (χ4v) is 4.70. The van der Waals surface area contributed by atoms with Gasteiger partial charge in [-0.25, -0.2) is 8.42 Å². The Kier molecular flexibility index (Phi) is 7.59. The molecule has 0 unspecified atom stereocenters. The van der Waals surface area contributed by atoms with Crippen molar-refractivity contribution in [1.82, 2.24) is 5.32 Å². The molecule has 0 spiro atoms. The molecule has 0 aliphatic carbocycles. The van der Waals surface area contributed by atoms with Crippen LogP contribution in [0.4, 0.5) is 5.69 Å². The van der Waals surface area contributed by atoms with E-state index in [0.717, 1.165) is 17.5 Å². The first kappa shape index (κ1) is 23.8. The Morgan fingerprint density at radius 2 is 1.62 bits per heavy atom. The predicted octanol–water partition coefficient (Wildman–Crippen LogP) is 5.97. The molecule has 0 fully saturated rings. The molecule has 3 aromatic carbocycles. The lowest BCUT2D eigenvalue weighted by Gasteiger charge is -2.21. The largest absolute Gasteiger partial charge is 0.345 e. The molecular formula is C25H27ClN2O3S. The molecule has 168 valence electrons. The number of nitrogens with one attached hydrogen (secondary N) is 2. The average Bonchev–Trinajstić information content (AvgIpc) is 2.75. The topological polar surface area (TPSA) is 75.3 Å². The molecule has 3 aromatic rings. The molecule has 0 saturated heterocycles. The van der Waals surface area contributed by atoms with E-state index >= 15 is 0 Å². The van der Waals surface area contributed by atoms with Gasteiger partial charge in [0.1, 0.15) is 0 Å². The second-order valence-electron chi connectivity index (χ2n) is 8.18. The molecule has 2 N–H and O–H groups in total. The van der Waals surface area contributed by atoms with Gasteiger partial charge in [0.05, 0.1) is 21.6 Å². The monoisotopic (exact) mass is 470 g/mol. The molecule has 1 amide bonds. The molecule has 0 aliphatic rings. The quantitative estimate of drug-likeness (QED) is 0.426. The van der Waals surface area contributed by atoms with Crippen LogP contribution in [0.5, 0.6) is 0 Å². The van der Waals surface area contributed by atoms with E-state index in [9.17, 15) is 13.2 Å². The van der Waals surface area contributed by atoms with Crippen molar-refractivity contribution in [3.05, 3.63) is 94.5 Å². The maximum absolute atomic E-state index is 12.9. The van der Waals surface area contributed by atoms with Crippen molar-refractivity contribution in [2.24, 2.45) is 5.92 Å². The van der Waals surface area contributed by atoms with Gasteiger partial charge < -0.3 is 5.32 Å². The summed E-state index contributed by atoms with van der Waals surface area (Å²) in [4.78, 5) is 13.0. The fourth-order valence-electron chi connectivity index (χ4n) is 3.34. The van der Waals surface area contributed by atoms with Crippen LogP contribution in [0.3, 0.4) is 0 Å². The van der Waals surface area contributed by atoms with E-state index < -0.39 is 10.0 Å². The fraction of sp³-hybridized carbons (Fsp3) is 0.240. The number of carbonyl (C=O) groups is 1. The van der Waals surface area contributed by atoms with Gasteiger partial charge in [-0.15, -0.1) is 0 Å². The van der Waals surface area contributed by atoms with E-state index in [2.05, 4.69) is 23.9 Å². The van der Waals surface area contributed by atoms with Gasteiger partial charge in [0.15, 0.2) is 0 Å². The Morgan fingerprint density at radius 3 is 2.22 bits per heavy atom. The SMILES string of the molecule is Cc1ccc(S(=O)(=O)Nc2ccc(C(=O)N[C@H](CC(C)C)c3ccccc3)cc2Cl)cc1. The van der Waals surface area contributed by atoms with Crippen molar-refractivity contribution in [1.29, 1.82) is 0 Å². The van der Waals surface area contributed by atoms with Crippen LogP contribution in [-0.2, 0) is 10.0 Å². The van der Waals surface area contributed by atoms with Crippen LogP contribution in [0.2, 0.25) is 5.02 Å². The standard InChI is InChI=1S/C25H27ClN2O3S/c1-17(2)15-24(19-7-5-4-6-8-19)27-25(29)20-11-14-23(22(26)16-20)28-32(30,31)21-12-9-18(3)10-13-21/h4-14,16-17,24,28H,15H2,1-3H3,(H,27,29)/t24-/m1/s1. The number of sulfonamides is 1. The van der Waals surface area contributed by atoms with Crippen molar-refractivity contribution in [3.8, 4) is 0 Å². The number of benzene rings is 3. The van der Waals surface area contributed by atoms with Crippen molar-refractivity contribution in [2.75, 3.05) is 4.72 Å². The van der Waals surface area contributed by atoms with Crippen molar-refractivity contribution in [3.63, 3.8) is 0 Å². The summed E-state index contributed by atoms with van der Waals surface area (Å²) in [6.07, 6.45) is 0.790. The van der Waals surface area contributed by atoms with Gasteiger partial charge in [-0.3, -0.25) is 9.52 Å². The molecule has 0 aromatic heterocycles. The van der Waals surface area contributed by atoms with Crippen molar-refractivity contribution >= 4 is 33.2 Å². The highest BCUT2D eigenvalue weighted by atomic mass is 35.5. The number of rotatable bonds is 8. The van der Waals surface area contributed by atoms with Gasteiger partial charge >= 0.3 is 0 Å². The van der Waals surface area contributed by atoms with Crippen molar-refractivity contribution < 1.29 is 13.2 Å². The van der Waals surface area contributed by atoms with Gasteiger partial charge in [-0.05, 0) is 55.2 Å². The molecule has 0 radical (unpaired) electrons. The van der Waals surface area contributed by atoms with Gasteiger partial charge in [0.2, 0.25) is 0 Å². The van der Waals surface area contributed by atoms with E-state index in [1.165, 1.54) is 24.3 Å². The molecule has 1 atom stereocenters. The van der Waals surface area contributed by atoms with Crippen LogP contribution >= 0.6 is 11.6 Å². The third-order valence-corrected chi connectivity index (χ3v) is 6.72. The number of hydrogen-bond donors (Lipinski definition) is 2. The Hall–Kier alpha value is -2.83. The zero-order valence-corrected chi connectivity index (χ0v) is 19.9. The summed E-state index contributed by atoms with van der Waals surface area (Å²) < 4.78 is 27.8. The van der Waals surface area contributed by atoms with Crippen LogP contribution in [0, 0.1) is 12.8 Å². The third-order valence-electron chi connectivity index (χ3n) is 5.02. The predicted molar refractivity (Wildman–Crippen MR) is 130 cm³/mol. The molecule has 32 heavy (non-hydrogen) atoms. The minimum atomic E-state index is -3.79. The van der Waals surface area contributed by atoms with Gasteiger partial charge in [0, 0.05) is 5.56 Å². The average molecular weight is 471 g/mol. The van der Waals surface area contributed by atoms with E-state index in [0.29, 0.717) is 11.5 Å². The summed E-state index contributed by atoms with van der Waals surface area (Å²) in [6, 6.07) is 20.7. The lowest BCUT2D eigenvalue weighted by atomic mass is 9.96. The molecule has 0 aliphatic heterocycles. The highest BCUT2D eigenvalue weighted by Crippen LogP contribution is 2.27. The van der Waals surface area contributed by atoms with Crippen LogP contribution in [0.1, 0.15) is 47.8 Å². The highest BCUT2D eigenvalue weighted by molar-refractivity contribution is 7.92. The summed E-state index contributed by atoms with van der Waals surface area (Å²) in [5.41, 5.74) is 2.57. The Morgan fingerprint density at radius 1 is 0.969 bits per heavy atom. The maximum Gasteiger partial charge on any atom is 0.261 e. The summed E-state index contributed by atoms with van der Waals surface area (Å²) in [7, 11) is -3.79. The van der Waals surface area contributed by atoms with Gasteiger partial charge in [-0.2, -0.15) is 0 Å². The summed E-state index contributed by atoms with van der Waals surface area (Å²) in [6.45, 7) is 6.09. The number of halogens is 1. The highest BCUT2D eigenvalue weighted by Gasteiger charge is 2.19. The second kappa shape index (κ2) is 10.2. The number of carbonyl (C=O) groups excluding carboxylic acids is 1. The Bertz CT molecular complexity index is 1180. The van der Waals surface area contributed by atoms with E-state index in [4.69, 9.17) is 11.6 Å². The molecule has 3 rings (SSSR count). The number of aryl methyl sites for hydroxylation is 1. The van der Waals surface area contributed by atoms with Crippen LogP contribution in [0.15, 0.2) is 77.7 Å². The third kappa shape index (κ3) is 6.11. The molecule has 0 heterocycles. The molecule has 0 bridgehead atoms. The van der Waals surface area contributed by atoms with Crippen LogP contribution in [0.25, 0.3) is 0 Å². The number of anilines is 1. The first-order valence-corrected chi connectivity index (χ1v) is 12.3. The van der Waals surface area contributed by atoms with Gasteiger partial charge in [-0.1, -0.05) is 73.5 Å². The summed E-state index contributed by atoms with van der Waals surface area (Å²) in [5, 5.41) is 3.22. The minimum Gasteiger partial charge on any atom is -0.345 e. The molecule has 7 heteroatoms. The lowest BCUT2D eigenvalue weighted by molar-refractivity contribution is 0.0932. The summed E-state index contributed by atoms with van der Waals surface area (Å²) in [5.74, 6) is 0.122. The first-order chi connectivity index (χ1) is 15.2. The van der Waals surface area contributed by atoms with Gasteiger partial charge in [0.25, 0.3) is 15.9 Å².